The lowest BCUT2D eigenvalue weighted by Gasteiger charge is -2.25. The van der Waals surface area contributed by atoms with Crippen LogP contribution in [0.3, 0.4) is 0 Å². The third-order valence-electron chi connectivity index (χ3n) is 4.60. The number of rotatable bonds is 6. The Morgan fingerprint density at radius 2 is 1.64 bits per heavy atom. The monoisotopic (exact) mass is 378 g/mol. The van der Waals surface area contributed by atoms with Gasteiger partial charge in [0.1, 0.15) is 0 Å². The number of nitrogens with zero attached hydrogens (tertiary/aromatic N) is 1. The van der Waals surface area contributed by atoms with E-state index in [4.69, 9.17) is 4.74 Å². The quantitative estimate of drug-likeness (QED) is 0.668. The maximum Gasteiger partial charge on any atom is 0.340 e. The molecule has 0 saturated carbocycles. The minimum Gasteiger partial charge on any atom is -0.444 e. The Bertz CT molecular complexity index is 1040. The Kier molecular flexibility index (Phi) is 5.89. The van der Waals surface area contributed by atoms with Gasteiger partial charge in [0.15, 0.2) is 0 Å². The Balaban J connectivity index is 2.01. The maximum absolute atomic E-state index is 13.0. The number of aromatic amines is 1. The van der Waals surface area contributed by atoms with E-state index in [0.717, 1.165) is 0 Å². The normalized spacial score (nSPS) is 11.8. The number of amides is 1. The van der Waals surface area contributed by atoms with Gasteiger partial charge in [0, 0.05) is 35.6 Å². The summed E-state index contributed by atoms with van der Waals surface area (Å²) < 4.78 is 5.65. The predicted molar refractivity (Wildman–Crippen MR) is 107 cm³/mol. The first-order valence-corrected chi connectivity index (χ1v) is 9.22. The molecule has 0 spiro atoms. The lowest BCUT2D eigenvalue weighted by Crippen LogP contribution is -2.36. The van der Waals surface area contributed by atoms with Gasteiger partial charge in [-0.15, -0.1) is 0 Å². The number of pyridine rings is 1. The first kappa shape index (κ1) is 19.4. The highest BCUT2D eigenvalue weighted by Gasteiger charge is 2.29. The van der Waals surface area contributed by atoms with Crippen molar-refractivity contribution in [3.8, 4) is 0 Å². The maximum atomic E-state index is 13.0. The van der Waals surface area contributed by atoms with Crippen LogP contribution in [0.15, 0.2) is 65.5 Å². The summed E-state index contributed by atoms with van der Waals surface area (Å²) in [5, 5.41) is 0.564. The molecule has 0 saturated heterocycles. The molecule has 1 heterocycles. The molecular weight excluding hydrogens is 356 g/mol. The first-order chi connectivity index (χ1) is 13.5. The van der Waals surface area contributed by atoms with Crippen molar-refractivity contribution < 1.29 is 14.3 Å². The van der Waals surface area contributed by atoms with Crippen LogP contribution in [0.25, 0.3) is 10.9 Å². The van der Waals surface area contributed by atoms with E-state index < -0.39 is 17.6 Å². The van der Waals surface area contributed by atoms with E-state index in [0.29, 0.717) is 29.6 Å². The van der Waals surface area contributed by atoms with Crippen LogP contribution in [0, 0.1) is 0 Å². The summed E-state index contributed by atoms with van der Waals surface area (Å²) in [6.07, 6.45) is -1.08. The molecule has 6 nitrogen and oxygen atoms in total. The van der Waals surface area contributed by atoms with Gasteiger partial charge in [0.05, 0.1) is 5.56 Å². The van der Waals surface area contributed by atoms with Crippen molar-refractivity contribution in [3.05, 3.63) is 82.1 Å². The molecule has 1 aromatic heterocycles. The van der Waals surface area contributed by atoms with Crippen molar-refractivity contribution in [1.82, 2.24) is 9.88 Å². The fourth-order valence-electron chi connectivity index (χ4n) is 3.13. The zero-order valence-electron chi connectivity index (χ0n) is 15.8. The van der Waals surface area contributed by atoms with Crippen molar-refractivity contribution in [1.29, 1.82) is 0 Å². The molecule has 0 aliphatic rings. The second-order valence-electron chi connectivity index (χ2n) is 6.30. The Morgan fingerprint density at radius 1 is 1.00 bits per heavy atom. The third kappa shape index (κ3) is 3.96. The molecule has 3 aromatic rings. The highest BCUT2D eigenvalue weighted by atomic mass is 16.5. The number of para-hydroxylation sites is 1. The van der Waals surface area contributed by atoms with Crippen LogP contribution in [-0.2, 0) is 9.53 Å². The van der Waals surface area contributed by atoms with E-state index in [1.54, 1.807) is 53.4 Å². The average molecular weight is 378 g/mol. The van der Waals surface area contributed by atoms with Gasteiger partial charge in [-0.1, -0.05) is 48.5 Å². The smallest absolute Gasteiger partial charge is 0.340 e. The number of ether oxygens (including phenoxy) is 1. The van der Waals surface area contributed by atoms with Crippen molar-refractivity contribution >= 4 is 22.8 Å². The molecule has 28 heavy (non-hydrogen) atoms. The molecule has 0 bridgehead atoms. The summed E-state index contributed by atoms with van der Waals surface area (Å²) >= 11 is 0. The average Bonchev–Trinajstić information content (AvgIpc) is 2.72. The Morgan fingerprint density at radius 3 is 2.32 bits per heavy atom. The zero-order valence-corrected chi connectivity index (χ0v) is 15.8. The molecule has 1 amide bonds. The van der Waals surface area contributed by atoms with E-state index >= 15 is 0 Å². The summed E-state index contributed by atoms with van der Waals surface area (Å²) in [7, 11) is 0. The SMILES string of the molecule is CCN(CC)C(=O)[C@H](OC(=O)c1cc(=O)[nH]c2ccccc12)c1ccccc1. The predicted octanol–water partition coefficient (Wildman–Crippen LogP) is 3.29. The molecule has 6 heteroatoms. The van der Waals surface area contributed by atoms with Gasteiger partial charge in [-0.25, -0.2) is 4.79 Å². The molecule has 2 aromatic carbocycles. The third-order valence-corrected chi connectivity index (χ3v) is 4.60. The number of likely N-dealkylation sites (N-methyl/N-ethyl adjacent to an activating group) is 1. The van der Waals surface area contributed by atoms with Crippen LogP contribution in [0.1, 0.15) is 35.9 Å². The molecule has 3 rings (SSSR count). The Hall–Kier alpha value is -3.41. The van der Waals surface area contributed by atoms with Gasteiger partial charge in [0.2, 0.25) is 11.7 Å². The second-order valence-corrected chi connectivity index (χ2v) is 6.30. The number of hydrogen-bond acceptors (Lipinski definition) is 4. The molecule has 144 valence electrons. The van der Waals surface area contributed by atoms with Gasteiger partial charge >= 0.3 is 5.97 Å². The van der Waals surface area contributed by atoms with Gasteiger partial charge in [-0.05, 0) is 19.9 Å². The Labute approximate surface area is 162 Å². The van der Waals surface area contributed by atoms with Crippen LogP contribution in [0.4, 0.5) is 0 Å². The largest absolute Gasteiger partial charge is 0.444 e. The number of hydrogen-bond donors (Lipinski definition) is 1. The fourth-order valence-corrected chi connectivity index (χ4v) is 3.13. The second kappa shape index (κ2) is 8.52. The molecular formula is C22H22N2O4. The number of aromatic nitrogens is 1. The van der Waals surface area contributed by atoms with Gasteiger partial charge in [0.25, 0.3) is 5.91 Å². The van der Waals surface area contributed by atoms with Crippen LogP contribution in [0.2, 0.25) is 0 Å². The highest BCUT2D eigenvalue weighted by molar-refractivity contribution is 6.04. The van der Waals surface area contributed by atoms with Gasteiger partial charge in [-0.3, -0.25) is 9.59 Å². The van der Waals surface area contributed by atoms with Crippen molar-refractivity contribution in [2.75, 3.05) is 13.1 Å². The highest BCUT2D eigenvalue weighted by Crippen LogP contribution is 2.24. The van der Waals surface area contributed by atoms with E-state index in [1.807, 2.05) is 19.9 Å². The van der Waals surface area contributed by atoms with Crippen molar-refractivity contribution in [3.63, 3.8) is 0 Å². The number of nitrogens with one attached hydrogen (secondary N) is 1. The minimum absolute atomic E-state index is 0.132. The number of esters is 1. The topological polar surface area (TPSA) is 79.5 Å². The molecule has 0 aliphatic carbocycles. The molecule has 0 aliphatic heterocycles. The number of carbonyl (C=O) groups excluding carboxylic acids is 2. The van der Waals surface area contributed by atoms with Gasteiger partial charge in [-0.2, -0.15) is 0 Å². The van der Waals surface area contributed by atoms with Crippen LogP contribution in [0.5, 0.6) is 0 Å². The number of carbonyl (C=O) groups is 2. The summed E-state index contributed by atoms with van der Waals surface area (Å²) in [5.74, 6) is -1.00. The minimum atomic E-state index is -1.08. The zero-order chi connectivity index (χ0) is 20.1. The van der Waals surface area contributed by atoms with E-state index in [-0.39, 0.29) is 11.5 Å². The standard InChI is InChI=1S/C22H22N2O4/c1-3-24(4-2)21(26)20(15-10-6-5-7-11-15)28-22(27)17-14-19(25)23-18-13-9-8-12-16(17)18/h5-14,20H,3-4H2,1-2H3,(H,23,25)/t20-/m1/s1. The summed E-state index contributed by atoms with van der Waals surface area (Å²) in [5.41, 5.74) is 0.847. The molecule has 0 fully saturated rings. The molecule has 1 atom stereocenters. The summed E-state index contributed by atoms with van der Waals surface area (Å²) in [4.78, 5) is 42.2. The molecule has 1 N–H and O–H groups in total. The fraction of sp³-hybridized carbons (Fsp3) is 0.227. The van der Waals surface area contributed by atoms with Crippen LogP contribution >= 0.6 is 0 Å². The molecule has 0 unspecified atom stereocenters. The van der Waals surface area contributed by atoms with E-state index in [9.17, 15) is 14.4 Å². The van der Waals surface area contributed by atoms with Crippen molar-refractivity contribution in [2.45, 2.75) is 20.0 Å². The van der Waals surface area contributed by atoms with Crippen molar-refractivity contribution in [2.24, 2.45) is 0 Å². The summed E-state index contributed by atoms with van der Waals surface area (Å²) in [6, 6.07) is 17.1. The van der Waals surface area contributed by atoms with Crippen LogP contribution < -0.4 is 5.56 Å². The van der Waals surface area contributed by atoms with Crippen LogP contribution in [-0.4, -0.2) is 34.8 Å². The number of H-pyrrole nitrogens is 1. The first-order valence-electron chi connectivity index (χ1n) is 9.22. The van der Waals surface area contributed by atoms with E-state index in [2.05, 4.69) is 4.98 Å². The van der Waals surface area contributed by atoms with Gasteiger partial charge < -0.3 is 14.6 Å². The van der Waals surface area contributed by atoms with E-state index in [1.165, 1.54) is 6.07 Å². The number of fused-ring (bicyclic) bond motifs is 1. The lowest BCUT2D eigenvalue weighted by molar-refractivity contribution is -0.140. The number of benzene rings is 2. The molecule has 0 radical (unpaired) electrons. The summed E-state index contributed by atoms with van der Waals surface area (Å²) in [6.45, 7) is 4.75. The lowest BCUT2D eigenvalue weighted by atomic mass is 10.1.